The van der Waals surface area contributed by atoms with Crippen LogP contribution < -0.4 is 5.32 Å². The predicted molar refractivity (Wildman–Crippen MR) is 48.3 cm³/mol. The molecule has 0 fully saturated rings. The van der Waals surface area contributed by atoms with Crippen molar-refractivity contribution >= 4 is 6.21 Å². The van der Waals surface area contributed by atoms with E-state index in [0.717, 1.165) is 5.70 Å². The third-order valence-electron chi connectivity index (χ3n) is 0.686. The molecule has 0 aliphatic carbocycles. The highest BCUT2D eigenvalue weighted by Gasteiger charge is 1.73. The highest BCUT2D eigenvalue weighted by molar-refractivity contribution is 5.54. The molecule has 0 amide bonds. The van der Waals surface area contributed by atoms with E-state index in [0.29, 0.717) is 0 Å². The van der Waals surface area contributed by atoms with Gasteiger partial charge < -0.3 is 5.32 Å². The van der Waals surface area contributed by atoms with Crippen LogP contribution in [-0.4, -0.2) is 13.3 Å². The van der Waals surface area contributed by atoms with E-state index in [1.165, 1.54) is 0 Å². The zero-order valence-corrected chi connectivity index (χ0v) is 7.60. The quantitative estimate of drug-likeness (QED) is 0.587. The predicted octanol–water partition coefficient (Wildman–Crippen LogP) is 2.18. The Morgan fingerprint density at radius 2 is 1.90 bits per heavy atom. The van der Waals surface area contributed by atoms with Crippen LogP contribution in [0.2, 0.25) is 0 Å². The SMILES string of the molecule is CC.CC=N/C(C)=C\NC. The van der Waals surface area contributed by atoms with Gasteiger partial charge in [-0.2, -0.15) is 0 Å². The van der Waals surface area contributed by atoms with Crippen molar-refractivity contribution in [2.75, 3.05) is 7.05 Å². The fourth-order valence-electron chi connectivity index (χ4n) is 0.450. The van der Waals surface area contributed by atoms with Crippen molar-refractivity contribution in [2.24, 2.45) is 4.99 Å². The van der Waals surface area contributed by atoms with Crippen LogP contribution in [0.25, 0.3) is 0 Å². The molecule has 0 saturated carbocycles. The van der Waals surface area contributed by atoms with Crippen LogP contribution in [0.3, 0.4) is 0 Å². The van der Waals surface area contributed by atoms with Crippen molar-refractivity contribution in [1.82, 2.24) is 5.32 Å². The van der Waals surface area contributed by atoms with Crippen molar-refractivity contribution in [1.29, 1.82) is 0 Å². The number of nitrogens with zero attached hydrogens (tertiary/aromatic N) is 1. The molecule has 0 spiro atoms. The molecule has 0 aliphatic heterocycles. The van der Waals surface area contributed by atoms with E-state index in [1.807, 2.05) is 40.9 Å². The molecule has 10 heavy (non-hydrogen) atoms. The maximum Gasteiger partial charge on any atom is 0.0524 e. The fraction of sp³-hybridized carbons (Fsp3) is 0.625. The van der Waals surface area contributed by atoms with Gasteiger partial charge in [0.15, 0.2) is 0 Å². The maximum absolute atomic E-state index is 3.99. The van der Waals surface area contributed by atoms with Gasteiger partial charge >= 0.3 is 0 Å². The number of rotatable bonds is 2. The number of hydrogen-bond acceptors (Lipinski definition) is 2. The van der Waals surface area contributed by atoms with Gasteiger partial charge in [-0.25, -0.2) is 0 Å². The molecule has 0 aromatic rings. The van der Waals surface area contributed by atoms with Crippen molar-refractivity contribution in [3.8, 4) is 0 Å². The highest BCUT2D eigenvalue weighted by Crippen LogP contribution is 1.87. The van der Waals surface area contributed by atoms with Crippen LogP contribution >= 0.6 is 0 Å². The third-order valence-corrected chi connectivity index (χ3v) is 0.686. The van der Waals surface area contributed by atoms with Gasteiger partial charge in [-0.1, -0.05) is 13.8 Å². The summed E-state index contributed by atoms with van der Waals surface area (Å²) in [5, 5.41) is 2.88. The van der Waals surface area contributed by atoms with Crippen LogP contribution in [0.4, 0.5) is 0 Å². The van der Waals surface area contributed by atoms with Crippen molar-refractivity contribution in [2.45, 2.75) is 27.7 Å². The first-order chi connectivity index (χ1) is 4.81. The fourth-order valence-corrected chi connectivity index (χ4v) is 0.450. The Balaban J connectivity index is 0. The minimum absolute atomic E-state index is 0.995. The van der Waals surface area contributed by atoms with Gasteiger partial charge in [-0.05, 0) is 13.8 Å². The van der Waals surface area contributed by atoms with Crippen molar-refractivity contribution < 1.29 is 0 Å². The van der Waals surface area contributed by atoms with E-state index in [1.54, 1.807) is 6.21 Å². The lowest BCUT2D eigenvalue weighted by Gasteiger charge is -1.88. The molecular formula is C8H18N2. The van der Waals surface area contributed by atoms with E-state index in [9.17, 15) is 0 Å². The summed E-state index contributed by atoms with van der Waals surface area (Å²) in [4.78, 5) is 3.99. The number of hydrogen-bond donors (Lipinski definition) is 1. The highest BCUT2D eigenvalue weighted by atomic mass is 14.8. The average molecular weight is 142 g/mol. The van der Waals surface area contributed by atoms with Crippen LogP contribution in [0.15, 0.2) is 16.9 Å². The van der Waals surface area contributed by atoms with Crippen LogP contribution in [0.5, 0.6) is 0 Å². The lowest BCUT2D eigenvalue weighted by atomic mass is 10.5. The smallest absolute Gasteiger partial charge is 0.0524 e. The van der Waals surface area contributed by atoms with Gasteiger partial charge in [0.05, 0.1) is 5.70 Å². The van der Waals surface area contributed by atoms with E-state index in [4.69, 9.17) is 0 Å². The second-order valence-electron chi connectivity index (χ2n) is 1.46. The summed E-state index contributed by atoms with van der Waals surface area (Å²) in [5.74, 6) is 0. The van der Waals surface area contributed by atoms with Crippen LogP contribution in [0.1, 0.15) is 27.7 Å². The Kier molecular flexibility index (Phi) is 13.2. The summed E-state index contributed by atoms with van der Waals surface area (Å²) < 4.78 is 0. The van der Waals surface area contributed by atoms with E-state index < -0.39 is 0 Å². The van der Waals surface area contributed by atoms with E-state index in [-0.39, 0.29) is 0 Å². The monoisotopic (exact) mass is 142 g/mol. The lowest BCUT2D eigenvalue weighted by molar-refractivity contribution is 1.06. The minimum atomic E-state index is 0.995. The maximum atomic E-state index is 3.99. The molecule has 2 nitrogen and oxygen atoms in total. The largest absolute Gasteiger partial charge is 0.393 e. The number of nitrogens with one attached hydrogen (secondary N) is 1. The van der Waals surface area contributed by atoms with Gasteiger partial charge in [0.1, 0.15) is 0 Å². The Bertz CT molecular complexity index is 104. The summed E-state index contributed by atoms with van der Waals surface area (Å²) in [6, 6.07) is 0. The summed E-state index contributed by atoms with van der Waals surface area (Å²) in [6.07, 6.45) is 3.61. The van der Waals surface area contributed by atoms with Gasteiger partial charge in [0, 0.05) is 19.5 Å². The zero-order chi connectivity index (χ0) is 8.41. The van der Waals surface area contributed by atoms with Crippen molar-refractivity contribution in [3.63, 3.8) is 0 Å². The topological polar surface area (TPSA) is 24.4 Å². The van der Waals surface area contributed by atoms with Gasteiger partial charge in [0.25, 0.3) is 0 Å². The standard InChI is InChI=1S/C6H12N2.C2H6/c1-4-8-6(2)5-7-3;1-2/h4-5,7H,1-3H3;1-2H3/b6-5-,8-4?;. The van der Waals surface area contributed by atoms with Crippen LogP contribution in [-0.2, 0) is 0 Å². The van der Waals surface area contributed by atoms with Gasteiger partial charge in [-0.3, -0.25) is 4.99 Å². The molecule has 0 bridgehead atoms. The lowest BCUT2D eigenvalue weighted by Crippen LogP contribution is -1.92. The summed E-state index contributed by atoms with van der Waals surface area (Å²) in [6.45, 7) is 7.84. The molecule has 0 atom stereocenters. The molecule has 0 radical (unpaired) electrons. The Hall–Kier alpha value is -0.790. The Morgan fingerprint density at radius 1 is 1.40 bits per heavy atom. The Morgan fingerprint density at radius 3 is 2.20 bits per heavy atom. The number of allylic oxidation sites excluding steroid dienone is 1. The van der Waals surface area contributed by atoms with Crippen LogP contribution in [0, 0.1) is 0 Å². The van der Waals surface area contributed by atoms with E-state index >= 15 is 0 Å². The molecule has 0 aliphatic rings. The van der Waals surface area contributed by atoms with Gasteiger partial charge in [0.2, 0.25) is 0 Å². The summed E-state index contributed by atoms with van der Waals surface area (Å²) in [7, 11) is 1.86. The second kappa shape index (κ2) is 11.1. The first kappa shape index (κ1) is 11.9. The number of aliphatic imine (C=N–C) groups is 1. The molecule has 0 rings (SSSR count). The summed E-state index contributed by atoms with van der Waals surface area (Å²) >= 11 is 0. The average Bonchev–Trinajstić information content (AvgIpc) is 1.93. The minimum Gasteiger partial charge on any atom is -0.393 e. The summed E-state index contributed by atoms with van der Waals surface area (Å²) in [5.41, 5.74) is 0.995. The molecule has 0 heterocycles. The zero-order valence-electron chi connectivity index (χ0n) is 7.60. The Labute approximate surface area is 64.1 Å². The van der Waals surface area contributed by atoms with Crippen molar-refractivity contribution in [3.05, 3.63) is 11.9 Å². The first-order valence-corrected chi connectivity index (χ1v) is 3.64. The molecular weight excluding hydrogens is 124 g/mol. The molecule has 0 saturated heterocycles. The first-order valence-electron chi connectivity index (χ1n) is 3.64. The van der Waals surface area contributed by atoms with E-state index in [2.05, 4.69) is 10.3 Å². The van der Waals surface area contributed by atoms with Gasteiger partial charge in [-0.15, -0.1) is 0 Å². The molecule has 1 N–H and O–H groups in total. The second-order valence-corrected chi connectivity index (χ2v) is 1.46. The third kappa shape index (κ3) is 10.2. The molecule has 2 heteroatoms. The molecule has 0 unspecified atom stereocenters. The normalized spacial score (nSPS) is 10.7. The molecule has 60 valence electrons. The molecule has 0 aromatic carbocycles. The molecule has 0 aromatic heterocycles.